The topological polar surface area (TPSA) is 66.4 Å². The molecule has 1 aromatic carbocycles. The minimum atomic E-state index is -0.983. The third-order valence-electron chi connectivity index (χ3n) is 4.02. The Balaban J connectivity index is 1.97. The maximum Gasteiger partial charge on any atom is 0.328 e. The fourth-order valence-electron chi connectivity index (χ4n) is 2.70. The van der Waals surface area contributed by atoms with Gasteiger partial charge >= 0.3 is 5.97 Å². The summed E-state index contributed by atoms with van der Waals surface area (Å²) in [4.78, 5) is 22.7. The molecule has 0 aliphatic heterocycles. The Kier molecular flexibility index (Phi) is 5.14. The molecule has 2 unspecified atom stereocenters. The highest BCUT2D eigenvalue weighted by molar-refractivity contribution is 5.94. The number of hydrogen-bond acceptors (Lipinski definition) is 2. The Morgan fingerprint density at radius 2 is 1.86 bits per heavy atom. The SMILES string of the molecule is CC1CCCCC1NC(=O)c1ccc(C=CC(=O)O)cc1. The Morgan fingerprint density at radius 1 is 1.19 bits per heavy atom. The molecule has 1 fully saturated rings. The van der Waals surface area contributed by atoms with Crippen molar-refractivity contribution in [2.24, 2.45) is 5.92 Å². The van der Waals surface area contributed by atoms with Crippen molar-refractivity contribution in [2.75, 3.05) is 0 Å². The zero-order chi connectivity index (χ0) is 15.2. The third kappa shape index (κ3) is 4.45. The van der Waals surface area contributed by atoms with E-state index in [4.69, 9.17) is 5.11 Å². The van der Waals surface area contributed by atoms with Crippen LogP contribution in [0.15, 0.2) is 30.3 Å². The molecule has 2 atom stereocenters. The Labute approximate surface area is 124 Å². The summed E-state index contributed by atoms with van der Waals surface area (Å²) >= 11 is 0. The first-order valence-electron chi connectivity index (χ1n) is 7.38. The molecular weight excluding hydrogens is 266 g/mol. The summed E-state index contributed by atoms with van der Waals surface area (Å²) in [6, 6.07) is 7.21. The number of carbonyl (C=O) groups is 2. The fourth-order valence-corrected chi connectivity index (χ4v) is 2.70. The van der Waals surface area contributed by atoms with Crippen LogP contribution in [0.4, 0.5) is 0 Å². The quantitative estimate of drug-likeness (QED) is 0.836. The van der Waals surface area contributed by atoms with E-state index in [0.29, 0.717) is 11.5 Å². The van der Waals surface area contributed by atoms with E-state index in [-0.39, 0.29) is 11.9 Å². The molecule has 4 nitrogen and oxygen atoms in total. The second kappa shape index (κ2) is 7.07. The number of rotatable bonds is 4. The summed E-state index contributed by atoms with van der Waals surface area (Å²) in [5, 5.41) is 11.7. The number of hydrogen-bond donors (Lipinski definition) is 2. The lowest BCUT2D eigenvalue weighted by Gasteiger charge is -2.29. The van der Waals surface area contributed by atoms with Crippen LogP contribution in [-0.2, 0) is 4.79 Å². The third-order valence-corrected chi connectivity index (χ3v) is 4.02. The van der Waals surface area contributed by atoms with Crippen LogP contribution in [0, 0.1) is 5.92 Å². The predicted molar refractivity (Wildman–Crippen MR) is 82.0 cm³/mol. The normalized spacial score (nSPS) is 22.1. The second-order valence-corrected chi connectivity index (χ2v) is 5.64. The minimum Gasteiger partial charge on any atom is -0.478 e. The lowest BCUT2D eigenvalue weighted by molar-refractivity contribution is -0.131. The summed E-state index contributed by atoms with van der Waals surface area (Å²) in [6.07, 6.45) is 7.23. The van der Waals surface area contributed by atoms with Crippen LogP contribution in [0.5, 0.6) is 0 Å². The van der Waals surface area contributed by atoms with Gasteiger partial charge in [-0.05, 0) is 42.5 Å². The highest BCUT2D eigenvalue weighted by Gasteiger charge is 2.23. The van der Waals surface area contributed by atoms with Crippen molar-refractivity contribution in [2.45, 2.75) is 38.6 Å². The van der Waals surface area contributed by atoms with Crippen LogP contribution in [0.3, 0.4) is 0 Å². The van der Waals surface area contributed by atoms with Crippen molar-refractivity contribution >= 4 is 18.0 Å². The van der Waals surface area contributed by atoms with Gasteiger partial charge in [0.1, 0.15) is 0 Å². The van der Waals surface area contributed by atoms with Gasteiger partial charge in [0.05, 0.1) is 0 Å². The summed E-state index contributed by atoms with van der Waals surface area (Å²) in [5.74, 6) is -0.508. The van der Waals surface area contributed by atoms with Gasteiger partial charge in [0.25, 0.3) is 5.91 Å². The van der Waals surface area contributed by atoms with Gasteiger partial charge in [-0.3, -0.25) is 4.79 Å². The molecule has 112 valence electrons. The molecule has 2 N–H and O–H groups in total. The largest absolute Gasteiger partial charge is 0.478 e. The molecule has 0 radical (unpaired) electrons. The zero-order valence-corrected chi connectivity index (χ0v) is 12.2. The predicted octanol–water partition coefficient (Wildman–Crippen LogP) is 3.09. The van der Waals surface area contributed by atoms with Gasteiger partial charge in [-0.25, -0.2) is 4.79 Å². The van der Waals surface area contributed by atoms with Crippen LogP contribution >= 0.6 is 0 Å². The lowest BCUT2D eigenvalue weighted by atomic mass is 9.86. The molecule has 4 heteroatoms. The van der Waals surface area contributed by atoms with Crippen molar-refractivity contribution < 1.29 is 14.7 Å². The number of carboxylic acids is 1. The van der Waals surface area contributed by atoms with Crippen molar-refractivity contribution in [1.29, 1.82) is 0 Å². The number of carbonyl (C=O) groups excluding carboxylic acids is 1. The highest BCUT2D eigenvalue weighted by atomic mass is 16.4. The fraction of sp³-hybridized carbons (Fsp3) is 0.412. The van der Waals surface area contributed by atoms with Crippen LogP contribution in [-0.4, -0.2) is 23.0 Å². The van der Waals surface area contributed by atoms with Gasteiger partial charge in [0.15, 0.2) is 0 Å². The number of nitrogens with one attached hydrogen (secondary N) is 1. The van der Waals surface area contributed by atoms with E-state index in [2.05, 4.69) is 12.2 Å². The van der Waals surface area contributed by atoms with Crippen molar-refractivity contribution in [3.63, 3.8) is 0 Å². The molecule has 1 aliphatic rings. The van der Waals surface area contributed by atoms with Crippen LogP contribution in [0.2, 0.25) is 0 Å². The second-order valence-electron chi connectivity index (χ2n) is 5.64. The van der Waals surface area contributed by atoms with Crippen molar-refractivity contribution in [3.05, 3.63) is 41.5 Å². The molecule has 1 aromatic rings. The minimum absolute atomic E-state index is 0.0532. The van der Waals surface area contributed by atoms with Gasteiger partial charge in [-0.2, -0.15) is 0 Å². The lowest BCUT2D eigenvalue weighted by Crippen LogP contribution is -2.41. The van der Waals surface area contributed by atoms with E-state index in [1.54, 1.807) is 24.3 Å². The number of benzene rings is 1. The Morgan fingerprint density at radius 3 is 2.48 bits per heavy atom. The number of carboxylic acid groups (broad SMARTS) is 1. The number of aliphatic carboxylic acids is 1. The smallest absolute Gasteiger partial charge is 0.328 e. The molecule has 0 saturated heterocycles. The van der Waals surface area contributed by atoms with E-state index in [1.165, 1.54) is 25.3 Å². The van der Waals surface area contributed by atoms with E-state index in [1.807, 2.05) is 0 Å². The molecule has 1 amide bonds. The Bertz CT molecular complexity index is 533. The molecule has 0 aromatic heterocycles. The van der Waals surface area contributed by atoms with Crippen LogP contribution in [0.1, 0.15) is 48.5 Å². The highest BCUT2D eigenvalue weighted by Crippen LogP contribution is 2.24. The first kappa shape index (κ1) is 15.3. The maximum absolute atomic E-state index is 12.2. The Hall–Kier alpha value is -2.10. The monoisotopic (exact) mass is 287 g/mol. The number of amides is 1. The molecule has 0 heterocycles. The zero-order valence-electron chi connectivity index (χ0n) is 12.2. The molecule has 21 heavy (non-hydrogen) atoms. The van der Waals surface area contributed by atoms with Gasteiger partial charge in [0, 0.05) is 17.7 Å². The molecule has 0 bridgehead atoms. The summed E-state index contributed by atoms with van der Waals surface area (Å²) in [6.45, 7) is 2.18. The van der Waals surface area contributed by atoms with Crippen LogP contribution < -0.4 is 5.32 Å². The summed E-state index contributed by atoms with van der Waals surface area (Å²) in [5.41, 5.74) is 1.38. The van der Waals surface area contributed by atoms with E-state index in [0.717, 1.165) is 18.1 Å². The molecule has 2 rings (SSSR count). The van der Waals surface area contributed by atoms with Crippen molar-refractivity contribution in [3.8, 4) is 0 Å². The maximum atomic E-state index is 12.2. The first-order valence-corrected chi connectivity index (χ1v) is 7.38. The van der Waals surface area contributed by atoms with Crippen molar-refractivity contribution in [1.82, 2.24) is 5.32 Å². The molecule has 0 spiro atoms. The van der Waals surface area contributed by atoms with Gasteiger partial charge < -0.3 is 10.4 Å². The summed E-state index contributed by atoms with van der Waals surface area (Å²) in [7, 11) is 0. The van der Waals surface area contributed by atoms with Gasteiger partial charge in [0.2, 0.25) is 0 Å². The van der Waals surface area contributed by atoms with Gasteiger partial charge in [-0.15, -0.1) is 0 Å². The average Bonchev–Trinajstić information content (AvgIpc) is 2.48. The summed E-state index contributed by atoms with van der Waals surface area (Å²) < 4.78 is 0. The molecule has 1 aliphatic carbocycles. The average molecular weight is 287 g/mol. The van der Waals surface area contributed by atoms with Gasteiger partial charge in [-0.1, -0.05) is 31.9 Å². The van der Waals surface area contributed by atoms with E-state index in [9.17, 15) is 9.59 Å². The molecular formula is C17H21NO3. The van der Waals surface area contributed by atoms with E-state index >= 15 is 0 Å². The first-order chi connectivity index (χ1) is 10.1. The van der Waals surface area contributed by atoms with Crippen LogP contribution in [0.25, 0.3) is 6.08 Å². The molecule has 1 saturated carbocycles. The standard InChI is InChI=1S/C17H21NO3/c1-12-4-2-3-5-15(12)18-17(21)14-9-6-13(7-10-14)8-11-16(19)20/h6-12,15H,2-5H2,1H3,(H,18,21)(H,19,20). The van der Waals surface area contributed by atoms with E-state index < -0.39 is 5.97 Å².